The van der Waals surface area contributed by atoms with E-state index in [1.807, 2.05) is 12.1 Å². The predicted octanol–water partition coefficient (Wildman–Crippen LogP) is 2.35. The third-order valence-electron chi connectivity index (χ3n) is 5.08. The molecule has 2 aromatic rings. The molecule has 9 nitrogen and oxygen atoms in total. The fourth-order valence-electron chi connectivity index (χ4n) is 3.57. The maximum Gasteiger partial charge on any atom is 0.244 e. The predicted molar refractivity (Wildman–Crippen MR) is 120 cm³/mol. The van der Waals surface area contributed by atoms with Gasteiger partial charge in [0.15, 0.2) is 5.82 Å². The van der Waals surface area contributed by atoms with Gasteiger partial charge in [0.2, 0.25) is 11.8 Å². The van der Waals surface area contributed by atoms with E-state index in [2.05, 4.69) is 20.6 Å². The Morgan fingerprint density at radius 3 is 3.00 bits per heavy atom. The summed E-state index contributed by atoms with van der Waals surface area (Å²) in [5.41, 5.74) is 1.46. The Kier molecular flexibility index (Phi) is 6.67. The molecule has 0 saturated carbocycles. The zero-order chi connectivity index (χ0) is 22.5. The van der Waals surface area contributed by atoms with Crippen molar-refractivity contribution >= 4 is 40.1 Å². The van der Waals surface area contributed by atoms with Gasteiger partial charge in [-0.3, -0.25) is 14.4 Å². The van der Waals surface area contributed by atoms with Crippen molar-refractivity contribution < 1.29 is 19.2 Å². The molecule has 2 amide bonds. The highest BCUT2D eigenvalue weighted by Gasteiger charge is 2.28. The second-order valence-electron chi connectivity index (χ2n) is 7.17. The van der Waals surface area contributed by atoms with E-state index in [1.165, 1.54) is 12.4 Å². The number of halogens is 1. The summed E-state index contributed by atoms with van der Waals surface area (Å²) in [4.78, 5) is 38.7. The molecule has 0 radical (unpaired) electrons. The molecule has 1 aliphatic heterocycles. The third-order valence-corrected chi connectivity index (χ3v) is 5.38. The maximum absolute atomic E-state index is 12.2. The van der Waals surface area contributed by atoms with Gasteiger partial charge in [0.05, 0.1) is 25.2 Å². The minimum atomic E-state index is -0.390. The van der Waals surface area contributed by atoms with Crippen LogP contribution in [-0.2, 0) is 14.4 Å². The highest BCUT2D eigenvalue weighted by atomic mass is 35.5. The lowest BCUT2D eigenvalue weighted by Gasteiger charge is -2.34. The molecular weight excluding hydrogens is 434 g/mol. The van der Waals surface area contributed by atoms with Crippen molar-refractivity contribution in [3.05, 3.63) is 59.6 Å². The van der Waals surface area contributed by atoms with Crippen molar-refractivity contribution in [1.29, 1.82) is 0 Å². The zero-order valence-electron chi connectivity index (χ0n) is 17.4. The average Bonchev–Trinajstić information content (AvgIpc) is 2.80. The number of hydrogen-bond acceptors (Lipinski definition) is 7. The molecule has 1 atom stereocenters. The van der Waals surface area contributed by atoms with Gasteiger partial charge in [-0.25, -0.2) is 15.0 Å². The topological polar surface area (TPSA) is 106 Å². The van der Waals surface area contributed by atoms with Crippen LogP contribution in [-0.4, -0.2) is 48.1 Å². The number of ether oxygens (including phenoxy) is 1. The summed E-state index contributed by atoms with van der Waals surface area (Å²) in [5, 5.41) is 8.34. The van der Waals surface area contributed by atoms with Crippen molar-refractivity contribution in [3.8, 4) is 5.75 Å². The number of allylic oxidation sites excluding steroid dienone is 1. The SMILES string of the molecule is CON1c2ncnc3ccc(cc23)OC/C=C\C(=O)NCC(=O)N/C=C2\C=C(Cl)CCC21. The molecule has 1 aliphatic carbocycles. The summed E-state index contributed by atoms with van der Waals surface area (Å²) in [6.07, 6.45) is 9.05. The minimum absolute atomic E-state index is 0.169. The normalized spacial score (nSPS) is 22.6. The first-order chi connectivity index (χ1) is 15.5. The van der Waals surface area contributed by atoms with Gasteiger partial charge in [0.25, 0.3) is 0 Å². The number of amides is 2. The lowest BCUT2D eigenvalue weighted by atomic mass is 9.96. The van der Waals surface area contributed by atoms with Gasteiger partial charge in [-0.1, -0.05) is 11.6 Å². The largest absolute Gasteiger partial charge is 0.490 e. The number of carbonyl (C=O) groups excluding carboxylic acids is 2. The van der Waals surface area contributed by atoms with Crippen LogP contribution in [0.1, 0.15) is 12.8 Å². The van der Waals surface area contributed by atoms with Crippen LogP contribution in [0.2, 0.25) is 0 Å². The highest BCUT2D eigenvalue weighted by molar-refractivity contribution is 6.29. The summed E-state index contributed by atoms with van der Waals surface area (Å²) in [5.74, 6) is 0.402. The number of rotatable bonds is 1. The van der Waals surface area contributed by atoms with E-state index < -0.39 is 0 Å². The number of fused-ring (bicyclic) bond motifs is 2. The molecule has 166 valence electrons. The van der Waals surface area contributed by atoms with Crippen molar-refractivity contribution in [3.63, 3.8) is 0 Å². The van der Waals surface area contributed by atoms with Gasteiger partial charge >= 0.3 is 0 Å². The van der Waals surface area contributed by atoms with Crippen molar-refractivity contribution in [1.82, 2.24) is 20.6 Å². The van der Waals surface area contributed by atoms with Crippen molar-refractivity contribution in [2.24, 2.45) is 0 Å². The van der Waals surface area contributed by atoms with Gasteiger partial charge in [0.1, 0.15) is 18.7 Å². The fraction of sp³-hybridized carbons (Fsp3) is 0.273. The molecule has 2 aliphatic rings. The second kappa shape index (κ2) is 9.80. The summed E-state index contributed by atoms with van der Waals surface area (Å²) in [7, 11) is 1.56. The van der Waals surface area contributed by atoms with Crippen LogP contribution in [0.3, 0.4) is 0 Å². The van der Waals surface area contributed by atoms with E-state index in [1.54, 1.807) is 36.6 Å². The van der Waals surface area contributed by atoms with Gasteiger partial charge in [0, 0.05) is 22.7 Å². The van der Waals surface area contributed by atoms with Crippen LogP contribution in [0.15, 0.2) is 59.6 Å². The van der Waals surface area contributed by atoms with Gasteiger partial charge in [-0.2, -0.15) is 0 Å². The van der Waals surface area contributed by atoms with Gasteiger partial charge in [-0.05, 0) is 48.8 Å². The monoisotopic (exact) mass is 455 g/mol. The standard InChI is InChI=1S/C22H22ClN5O4/c1-31-28-19-7-4-15(23)9-14(19)11-24-21(30)12-25-20(29)3-2-8-32-16-5-6-18-17(10-16)22(28)27-13-26-18/h2-3,5-6,9-11,13,19H,4,7-8,12H2,1H3,(H,24,30)(H,25,29)/b3-2-,14-11+. The molecule has 2 N–H and O–H groups in total. The number of hydroxylamine groups is 1. The highest BCUT2D eigenvalue weighted by Crippen LogP contribution is 2.34. The van der Waals surface area contributed by atoms with Crippen LogP contribution < -0.4 is 20.4 Å². The molecule has 0 fully saturated rings. The fourth-order valence-corrected chi connectivity index (χ4v) is 3.81. The number of aromatic nitrogens is 2. The van der Waals surface area contributed by atoms with Crippen LogP contribution in [0.5, 0.6) is 5.75 Å². The summed E-state index contributed by atoms with van der Waals surface area (Å²) < 4.78 is 5.75. The number of anilines is 1. The van der Waals surface area contributed by atoms with Crippen molar-refractivity contribution in [2.75, 3.05) is 25.3 Å². The van der Waals surface area contributed by atoms with E-state index in [9.17, 15) is 9.59 Å². The molecule has 2 heterocycles. The van der Waals surface area contributed by atoms with Crippen LogP contribution in [0, 0.1) is 0 Å². The first kappa shape index (κ1) is 21.8. The molecule has 1 aromatic heterocycles. The Hall–Kier alpha value is -3.43. The van der Waals surface area contributed by atoms with Crippen LogP contribution in [0.4, 0.5) is 5.82 Å². The molecule has 1 unspecified atom stereocenters. The van der Waals surface area contributed by atoms with Crippen LogP contribution in [0.25, 0.3) is 10.9 Å². The maximum atomic E-state index is 12.2. The Balaban J connectivity index is 1.80. The molecule has 0 saturated heterocycles. The Labute approximate surface area is 189 Å². The van der Waals surface area contributed by atoms with E-state index in [4.69, 9.17) is 21.2 Å². The number of nitrogens with one attached hydrogen (secondary N) is 2. The molecular formula is C22H22ClN5O4. The minimum Gasteiger partial charge on any atom is -0.490 e. The molecule has 2 bridgehead atoms. The van der Waals surface area contributed by atoms with Gasteiger partial charge in [-0.15, -0.1) is 0 Å². The van der Waals surface area contributed by atoms with Gasteiger partial charge < -0.3 is 15.4 Å². The molecule has 0 spiro atoms. The average molecular weight is 456 g/mol. The van der Waals surface area contributed by atoms with Crippen molar-refractivity contribution in [2.45, 2.75) is 18.9 Å². The second-order valence-corrected chi connectivity index (χ2v) is 7.66. The Morgan fingerprint density at radius 2 is 2.16 bits per heavy atom. The quantitative estimate of drug-likeness (QED) is 0.679. The van der Waals surface area contributed by atoms with E-state index >= 15 is 0 Å². The number of carbonyl (C=O) groups is 2. The first-order valence-electron chi connectivity index (χ1n) is 10.1. The van der Waals surface area contributed by atoms with Crippen LogP contribution >= 0.6 is 11.6 Å². The van der Waals surface area contributed by atoms with E-state index in [-0.39, 0.29) is 31.0 Å². The molecule has 32 heavy (non-hydrogen) atoms. The summed E-state index contributed by atoms with van der Waals surface area (Å²) in [6, 6.07) is 5.20. The van der Waals surface area contributed by atoms with E-state index in [0.717, 1.165) is 16.5 Å². The molecule has 10 heteroatoms. The lowest BCUT2D eigenvalue weighted by Crippen LogP contribution is -2.39. The summed E-state index contributed by atoms with van der Waals surface area (Å²) >= 11 is 6.29. The number of benzene rings is 1. The molecule has 4 rings (SSSR count). The Bertz CT molecular complexity index is 1130. The molecule has 1 aromatic carbocycles. The third kappa shape index (κ3) is 4.90. The number of nitrogens with zero attached hydrogens (tertiary/aromatic N) is 3. The zero-order valence-corrected chi connectivity index (χ0v) is 18.1. The lowest BCUT2D eigenvalue weighted by molar-refractivity contribution is -0.123. The van der Waals surface area contributed by atoms with E-state index in [0.29, 0.717) is 29.4 Å². The smallest absolute Gasteiger partial charge is 0.244 e. The summed E-state index contributed by atoms with van der Waals surface area (Å²) in [6.45, 7) is 0.0109. The number of hydrogen-bond donors (Lipinski definition) is 2. The first-order valence-corrected chi connectivity index (χ1v) is 10.4. The Morgan fingerprint density at radius 1 is 1.28 bits per heavy atom.